The number of hydrogen-bond acceptors (Lipinski definition) is 6. The molecule has 0 radical (unpaired) electrons. The van der Waals surface area contributed by atoms with Gasteiger partial charge in [-0.1, -0.05) is 29.8 Å². The number of benzene rings is 2. The number of rotatable bonds is 10. The Kier molecular flexibility index (Phi) is 9.04. The predicted molar refractivity (Wildman–Crippen MR) is 173 cm³/mol. The Labute approximate surface area is 261 Å². The van der Waals surface area contributed by atoms with Crippen LogP contribution < -0.4 is 14.4 Å². The van der Waals surface area contributed by atoms with Crippen molar-refractivity contribution in [3.8, 4) is 5.75 Å². The van der Waals surface area contributed by atoms with Gasteiger partial charge in [0.1, 0.15) is 5.75 Å². The molecule has 2 aliphatic carbocycles. The van der Waals surface area contributed by atoms with Gasteiger partial charge in [-0.05, 0) is 112 Å². The van der Waals surface area contributed by atoms with Crippen molar-refractivity contribution in [1.82, 2.24) is 4.72 Å². The number of anilines is 1. The van der Waals surface area contributed by atoms with Gasteiger partial charge in [0.15, 0.2) is 0 Å². The van der Waals surface area contributed by atoms with Crippen LogP contribution in [0.15, 0.2) is 61.7 Å². The highest BCUT2D eigenvalue weighted by Crippen LogP contribution is 2.46. The summed E-state index contributed by atoms with van der Waals surface area (Å²) >= 11 is 6.39. The Hall–Kier alpha value is -2.81. The van der Waals surface area contributed by atoms with E-state index in [-0.39, 0.29) is 29.2 Å². The molecule has 0 bridgehead atoms. The number of aryl methyl sites for hydroxylation is 1. The minimum atomic E-state index is -3.97. The summed E-state index contributed by atoms with van der Waals surface area (Å²) in [5.41, 5.74) is 3.21. The fourth-order valence-electron chi connectivity index (χ4n) is 6.99. The third-order valence-corrected chi connectivity index (χ3v) is 12.0. The molecule has 1 unspecified atom stereocenters. The first-order chi connectivity index (χ1) is 20.4. The molecule has 1 saturated carbocycles. The molecule has 1 heterocycles. The van der Waals surface area contributed by atoms with Crippen molar-refractivity contribution >= 4 is 33.2 Å². The second-order valence-corrected chi connectivity index (χ2v) is 15.8. The number of sulfonamides is 1. The van der Waals surface area contributed by atoms with Gasteiger partial charge in [0.2, 0.25) is 10.0 Å². The normalized spacial score (nSPS) is 24.0. The van der Waals surface area contributed by atoms with E-state index in [4.69, 9.17) is 16.3 Å². The number of fused-ring (bicyclic) bond motifs is 3. The summed E-state index contributed by atoms with van der Waals surface area (Å²) in [5.74, 6) is 0.415. The molecule has 2 aromatic rings. The lowest BCUT2D eigenvalue weighted by molar-refractivity contribution is 0.0178. The molecule has 1 amide bonds. The van der Waals surface area contributed by atoms with Crippen LogP contribution in [0.1, 0.15) is 73.9 Å². The largest absolute Gasteiger partial charge is 0.490 e. The Balaban J connectivity index is 1.50. The second-order valence-electron chi connectivity index (χ2n) is 13.1. The Bertz CT molecular complexity index is 1510. The summed E-state index contributed by atoms with van der Waals surface area (Å²) < 4.78 is 33.7. The maximum atomic E-state index is 13.4. The van der Waals surface area contributed by atoms with Crippen molar-refractivity contribution in [3.63, 3.8) is 0 Å². The van der Waals surface area contributed by atoms with Gasteiger partial charge in [-0.3, -0.25) is 4.79 Å². The van der Waals surface area contributed by atoms with E-state index in [2.05, 4.69) is 34.9 Å². The molecule has 0 saturated heterocycles. The van der Waals surface area contributed by atoms with Crippen molar-refractivity contribution in [2.75, 3.05) is 24.6 Å². The third-order valence-electron chi connectivity index (χ3n) is 9.72. The van der Waals surface area contributed by atoms with Crippen LogP contribution in [0.25, 0.3) is 0 Å². The SMILES string of the molecule is C=CCC(O)[C@@H]1CC[C@H]1CN1C[C@@]2(CCCc3cc(Cl)ccc32)COc2ccc(C(=O)NS(=O)(=O)C(C)(C)CC=C)cc21. The zero-order valence-corrected chi connectivity index (χ0v) is 26.7. The zero-order valence-electron chi connectivity index (χ0n) is 25.1. The molecule has 3 aliphatic rings. The smallest absolute Gasteiger partial charge is 0.264 e. The topological polar surface area (TPSA) is 95.9 Å². The predicted octanol–water partition coefficient (Wildman–Crippen LogP) is 6.19. The van der Waals surface area contributed by atoms with E-state index in [1.54, 1.807) is 38.1 Å². The van der Waals surface area contributed by atoms with Crippen molar-refractivity contribution in [3.05, 3.63) is 83.4 Å². The fourth-order valence-corrected chi connectivity index (χ4v) is 8.16. The van der Waals surface area contributed by atoms with Gasteiger partial charge in [-0.25, -0.2) is 13.1 Å². The number of nitrogens with one attached hydrogen (secondary N) is 1. The highest BCUT2D eigenvalue weighted by Gasteiger charge is 2.44. The molecule has 4 atom stereocenters. The van der Waals surface area contributed by atoms with Crippen LogP contribution in [0.2, 0.25) is 5.02 Å². The minimum absolute atomic E-state index is 0.169. The first-order valence-electron chi connectivity index (χ1n) is 15.2. The molecule has 7 nitrogen and oxygen atoms in total. The van der Waals surface area contributed by atoms with Crippen molar-refractivity contribution in [2.45, 2.75) is 75.1 Å². The molecular formula is C34H43ClN2O5S. The maximum Gasteiger partial charge on any atom is 0.264 e. The summed E-state index contributed by atoms with van der Waals surface area (Å²) in [7, 11) is -3.97. The van der Waals surface area contributed by atoms with E-state index in [9.17, 15) is 18.3 Å². The molecule has 1 aliphatic heterocycles. The quantitative estimate of drug-likeness (QED) is 0.305. The van der Waals surface area contributed by atoms with Crippen LogP contribution >= 0.6 is 11.6 Å². The third kappa shape index (κ3) is 6.24. The number of ether oxygens (including phenoxy) is 1. The van der Waals surface area contributed by atoms with E-state index in [1.807, 2.05) is 6.07 Å². The lowest BCUT2D eigenvalue weighted by atomic mass is 9.68. The molecular weight excluding hydrogens is 584 g/mol. The van der Waals surface area contributed by atoms with Gasteiger partial charge in [0, 0.05) is 29.1 Å². The van der Waals surface area contributed by atoms with E-state index >= 15 is 0 Å². The maximum absolute atomic E-state index is 13.4. The number of carbonyl (C=O) groups is 1. The molecule has 1 fully saturated rings. The summed E-state index contributed by atoms with van der Waals surface area (Å²) in [6.45, 7) is 12.4. The summed E-state index contributed by atoms with van der Waals surface area (Å²) in [4.78, 5) is 15.7. The van der Waals surface area contributed by atoms with Crippen molar-refractivity contribution in [2.24, 2.45) is 11.8 Å². The van der Waals surface area contributed by atoms with Crippen LogP contribution in [0.4, 0.5) is 5.69 Å². The summed E-state index contributed by atoms with van der Waals surface area (Å²) in [6.07, 6.45) is 8.51. The van der Waals surface area contributed by atoms with Gasteiger partial charge in [-0.2, -0.15) is 0 Å². The Morgan fingerprint density at radius 3 is 2.72 bits per heavy atom. The molecule has 232 valence electrons. The fraction of sp³-hybridized carbons (Fsp3) is 0.500. The van der Waals surface area contributed by atoms with E-state index in [0.29, 0.717) is 31.9 Å². The molecule has 1 spiro atoms. The molecule has 5 rings (SSSR count). The van der Waals surface area contributed by atoms with Crippen molar-refractivity contribution < 1.29 is 23.1 Å². The second kappa shape index (κ2) is 12.3. The first-order valence-corrected chi connectivity index (χ1v) is 17.0. The number of aliphatic hydroxyl groups is 1. The molecule has 9 heteroatoms. The monoisotopic (exact) mass is 626 g/mol. The Morgan fingerprint density at radius 2 is 2.02 bits per heavy atom. The van der Waals surface area contributed by atoms with Gasteiger partial charge < -0.3 is 14.7 Å². The number of hydrogen-bond donors (Lipinski definition) is 2. The number of allylic oxidation sites excluding steroid dienone is 1. The Morgan fingerprint density at radius 1 is 1.23 bits per heavy atom. The molecule has 2 aromatic carbocycles. The van der Waals surface area contributed by atoms with E-state index in [1.165, 1.54) is 17.2 Å². The first kappa shape index (κ1) is 31.6. The van der Waals surface area contributed by atoms with Crippen LogP contribution in [0.5, 0.6) is 5.75 Å². The van der Waals surface area contributed by atoms with Gasteiger partial charge >= 0.3 is 0 Å². The van der Waals surface area contributed by atoms with Gasteiger partial charge in [0.05, 0.1) is 23.1 Å². The summed E-state index contributed by atoms with van der Waals surface area (Å²) in [6, 6.07) is 11.3. The van der Waals surface area contributed by atoms with Crippen LogP contribution in [0.3, 0.4) is 0 Å². The molecule has 2 N–H and O–H groups in total. The van der Waals surface area contributed by atoms with Crippen LogP contribution in [-0.2, 0) is 21.9 Å². The van der Waals surface area contributed by atoms with Gasteiger partial charge in [0.25, 0.3) is 5.91 Å². The van der Waals surface area contributed by atoms with E-state index in [0.717, 1.165) is 42.8 Å². The lowest BCUT2D eigenvalue weighted by Gasteiger charge is -2.45. The average Bonchev–Trinajstić information content (AvgIpc) is 3.07. The standard InChI is InChI=1S/C34H43ClN2O5S/c1-5-8-30(38)27-13-10-25(27)20-37-21-34(17-7-9-23-18-26(35)12-14-28(23)34)22-42-31-15-11-24(19-29(31)37)32(39)36-43(40,41)33(3,4)16-6-2/h5-6,11-12,14-15,18-19,25,27,30,38H,1-2,7-10,13,16-17,20-22H2,3-4H3,(H,36,39)/t25-,27+,30?,34-/m0/s1. The molecule has 0 aromatic heterocycles. The number of carbonyl (C=O) groups excluding carboxylic acids is 1. The summed E-state index contributed by atoms with van der Waals surface area (Å²) in [5, 5.41) is 11.5. The molecule has 43 heavy (non-hydrogen) atoms. The lowest BCUT2D eigenvalue weighted by Crippen LogP contribution is -2.49. The van der Waals surface area contributed by atoms with Gasteiger partial charge in [-0.15, -0.1) is 13.2 Å². The van der Waals surface area contributed by atoms with Crippen LogP contribution in [0, 0.1) is 11.8 Å². The minimum Gasteiger partial charge on any atom is -0.490 e. The number of halogens is 1. The van der Waals surface area contributed by atoms with Crippen molar-refractivity contribution in [1.29, 1.82) is 0 Å². The number of amides is 1. The highest BCUT2D eigenvalue weighted by molar-refractivity contribution is 7.91. The van der Waals surface area contributed by atoms with E-state index < -0.39 is 26.8 Å². The zero-order chi connectivity index (χ0) is 31.0. The number of aliphatic hydroxyl groups excluding tert-OH is 1. The highest BCUT2D eigenvalue weighted by atomic mass is 35.5. The average molecular weight is 627 g/mol. The number of nitrogens with zero attached hydrogens (tertiary/aromatic N) is 1. The van der Waals surface area contributed by atoms with Crippen LogP contribution in [-0.4, -0.2) is 50.0 Å².